The highest BCUT2D eigenvalue weighted by Gasteiger charge is 2.31. The molecule has 0 spiro atoms. The van der Waals surface area contributed by atoms with Crippen molar-refractivity contribution < 1.29 is 14.4 Å². The summed E-state index contributed by atoms with van der Waals surface area (Å²) >= 11 is 0. The molecule has 3 rings (SSSR count). The summed E-state index contributed by atoms with van der Waals surface area (Å²) in [5.41, 5.74) is 1.33. The van der Waals surface area contributed by atoms with E-state index < -0.39 is 11.2 Å². The molecule has 2 aromatic rings. The van der Waals surface area contributed by atoms with Gasteiger partial charge in [-0.05, 0) is 18.2 Å². The number of hydrogen-bond donors (Lipinski definition) is 1. The van der Waals surface area contributed by atoms with Crippen LogP contribution in [-0.2, 0) is 0 Å². The van der Waals surface area contributed by atoms with Gasteiger partial charge in [-0.2, -0.15) is 0 Å². The van der Waals surface area contributed by atoms with E-state index in [0.717, 1.165) is 0 Å². The van der Waals surface area contributed by atoms with E-state index in [1.807, 2.05) is 12.1 Å². The first-order chi connectivity index (χ1) is 10.7. The zero-order valence-electron chi connectivity index (χ0n) is 11.9. The number of benzene rings is 2. The van der Waals surface area contributed by atoms with Crippen LogP contribution in [0.5, 0.6) is 11.5 Å². The van der Waals surface area contributed by atoms with Gasteiger partial charge in [-0.25, -0.2) is 0 Å². The van der Waals surface area contributed by atoms with Crippen molar-refractivity contribution in [1.29, 1.82) is 0 Å². The Kier molecular flexibility index (Phi) is 3.65. The van der Waals surface area contributed by atoms with Gasteiger partial charge in [0.2, 0.25) is 0 Å². The summed E-state index contributed by atoms with van der Waals surface area (Å²) in [4.78, 5) is 10.8. The Morgan fingerprint density at radius 2 is 2.05 bits per heavy atom. The quantitative estimate of drug-likeness (QED) is 0.693. The van der Waals surface area contributed by atoms with Crippen LogP contribution in [0, 0.1) is 10.1 Å². The van der Waals surface area contributed by atoms with E-state index in [1.54, 1.807) is 43.5 Å². The molecule has 22 heavy (non-hydrogen) atoms. The molecular formula is C16H14N2O4. The lowest BCUT2D eigenvalue weighted by Crippen LogP contribution is -2.34. The van der Waals surface area contributed by atoms with Gasteiger partial charge in [0.25, 0.3) is 6.23 Å². The van der Waals surface area contributed by atoms with Gasteiger partial charge in [-0.3, -0.25) is 10.1 Å². The van der Waals surface area contributed by atoms with Crippen LogP contribution in [0.2, 0.25) is 0 Å². The molecule has 1 N–H and O–H groups in total. The summed E-state index contributed by atoms with van der Waals surface area (Å²) in [6.45, 7) is 0. The van der Waals surface area contributed by atoms with Crippen LogP contribution in [0.3, 0.4) is 0 Å². The minimum Gasteiger partial charge on any atom is -0.497 e. The Hall–Kier alpha value is -3.02. The summed E-state index contributed by atoms with van der Waals surface area (Å²) in [5.74, 6) is 1.27. The van der Waals surface area contributed by atoms with Gasteiger partial charge >= 0.3 is 5.70 Å². The minimum atomic E-state index is -0.864. The number of nitrogens with zero attached hydrogens (tertiary/aromatic N) is 1. The molecule has 6 nitrogen and oxygen atoms in total. The first-order valence-electron chi connectivity index (χ1n) is 6.69. The van der Waals surface area contributed by atoms with Crippen molar-refractivity contribution in [3.8, 4) is 11.5 Å². The largest absolute Gasteiger partial charge is 0.497 e. The van der Waals surface area contributed by atoms with E-state index in [-0.39, 0.29) is 5.70 Å². The fourth-order valence-electron chi connectivity index (χ4n) is 2.25. The molecule has 1 atom stereocenters. The monoisotopic (exact) mass is 298 g/mol. The first kappa shape index (κ1) is 13.9. The van der Waals surface area contributed by atoms with Gasteiger partial charge in [-0.15, -0.1) is 0 Å². The van der Waals surface area contributed by atoms with E-state index in [0.29, 0.717) is 22.7 Å². The lowest BCUT2D eigenvalue weighted by atomic mass is 10.1. The Morgan fingerprint density at radius 3 is 2.82 bits per heavy atom. The number of methoxy groups -OCH3 is 1. The highest BCUT2D eigenvalue weighted by atomic mass is 16.6. The average Bonchev–Trinajstić information content (AvgIpc) is 2.54. The van der Waals surface area contributed by atoms with Crippen molar-refractivity contribution >= 4 is 11.8 Å². The summed E-state index contributed by atoms with van der Waals surface area (Å²) in [6, 6.07) is 14.3. The molecule has 112 valence electrons. The Labute approximate surface area is 127 Å². The van der Waals surface area contributed by atoms with Crippen LogP contribution in [0.4, 0.5) is 5.69 Å². The third kappa shape index (κ3) is 2.71. The van der Waals surface area contributed by atoms with E-state index in [4.69, 9.17) is 9.47 Å². The number of nitro groups is 1. The molecule has 1 aliphatic rings. The van der Waals surface area contributed by atoms with Crippen LogP contribution in [0.15, 0.2) is 54.2 Å². The van der Waals surface area contributed by atoms with E-state index in [9.17, 15) is 10.1 Å². The predicted molar refractivity (Wildman–Crippen MR) is 82.4 cm³/mol. The maximum atomic E-state index is 11.3. The summed E-state index contributed by atoms with van der Waals surface area (Å²) in [6.07, 6.45) is 0.661. The van der Waals surface area contributed by atoms with Crippen molar-refractivity contribution in [2.24, 2.45) is 0 Å². The molecular weight excluding hydrogens is 284 g/mol. The number of nitrogens with one attached hydrogen (secondary N) is 1. The molecule has 0 saturated carbocycles. The lowest BCUT2D eigenvalue weighted by molar-refractivity contribution is -0.432. The molecule has 1 aliphatic heterocycles. The third-order valence-electron chi connectivity index (χ3n) is 3.31. The Morgan fingerprint density at radius 1 is 1.23 bits per heavy atom. The predicted octanol–water partition coefficient (Wildman–Crippen LogP) is 3.14. The summed E-state index contributed by atoms with van der Waals surface area (Å²) < 4.78 is 10.9. The maximum Gasteiger partial charge on any atom is 0.308 e. The standard InChI is InChI=1S/C16H14N2O4/c1-21-13-7-4-6-12(10-13)17-16-14(18(19)20)9-11-5-2-3-8-15(11)22-16/h2-10,16-17H,1H3. The van der Waals surface area contributed by atoms with Gasteiger partial charge in [-0.1, -0.05) is 24.3 Å². The van der Waals surface area contributed by atoms with Crippen molar-refractivity contribution in [2.75, 3.05) is 12.4 Å². The second-order valence-corrected chi connectivity index (χ2v) is 4.74. The smallest absolute Gasteiger partial charge is 0.308 e. The van der Waals surface area contributed by atoms with Crippen LogP contribution < -0.4 is 14.8 Å². The SMILES string of the molecule is COc1cccc(NC2Oc3ccccc3C=C2[N+](=O)[O-])c1. The van der Waals surface area contributed by atoms with Gasteiger partial charge in [0.15, 0.2) is 0 Å². The van der Waals surface area contributed by atoms with E-state index in [1.165, 1.54) is 6.08 Å². The van der Waals surface area contributed by atoms with Crippen LogP contribution >= 0.6 is 0 Å². The number of anilines is 1. The molecule has 6 heteroatoms. The molecule has 0 radical (unpaired) electrons. The normalized spacial score (nSPS) is 16.0. The Bertz CT molecular complexity index is 742. The maximum absolute atomic E-state index is 11.3. The molecule has 1 unspecified atom stereocenters. The number of ether oxygens (including phenoxy) is 2. The number of hydrogen-bond acceptors (Lipinski definition) is 5. The summed E-state index contributed by atoms with van der Waals surface area (Å²) in [5, 5.41) is 14.3. The Balaban J connectivity index is 1.91. The lowest BCUT2D eigenvalue weighted by Gasteiger charge is -2.23. The molecule has 2 aromatic carbocycles. The molecule has 0 bridgehead atoms. The van der Waals surface area contributed by atoms with Gasteiger partial charge < -0.3 is 14.8 Å². The number of fused-ring (bicyclic) bond motifs is 1. The third-order valence-corrected chi connectivity index (χ3v) is 3.31. The zero-order chi connectivity index (χ0) is 15.5. The number of para-hydroxylation sites is 1. The van der Waals surface area contributed by atoms with E-state index in [2.05, 4.69) is 5.32 Å². The van der Waals surface area contributed by atoms with Gasteiger partial charge in [0.05, 0.1) is 12.0 Å². The second-order valence-electron chi connectivity index (χ2n) is 4.74. The number of rotatable bonds is 4. The van der Waals surface area contributed by atoms with Crippen molar-refractivity contribution in [1.82, 2.24) is 0 Å². The molecule has 0 amide bonds. The minimum absolute atomic E-state index is 0.0403. The second kappa shape index (κ2) is 5.77. The zero-order valence-corrected chi connectivity index (χ0v) is 11.9. The van der Waals surface area contributed by atoms with Gasteiger partial charge in [0, 0.05) is 23.4 Å². The first-order valence-corrected chi connectivity index (χ1v) is 6.69. The van der Waals surface area contributed by atoms with Crippen LogP contribution in [0.1, 0.15) is 5.56 Å². The molecule has 0 aromatic heterocycles. The fourth-order valence-corrected chi connectivity index (χ4v) is 2.25. The van der Waals surface area contributed by atoms with Crippen LogP contribution in [0.25, 0.3) is 6.08 Å². The average molecular weight is 298 g/mol. The molecule has 1 heterocycles. The van der Waals surface area contributed by atoms with Crippen molar-refractivity contribution in [2.45, 2.75) is 6.23 Å². The molecule has 0 aliphatic carbocycles. The summed E-state index contributed by atoms with van der Waals surface area (Å²) in [7, 11) is 1.56. The molecule has 0 fully saturated rings. The molecule has 0 saturated heterocycles. The fraction of sp³-hybridized carbons (Fsp3) is 0.125. The van der Waals surface area contributed by atoms with Crippen LogP contribution in [-0.4, -0.2) is 18.3 Å². The van der Waals surface area contributed by atoms with Crippen molar-refractivity contribution in [3.05, 3.63) is 69.9 Å². The highest BCUT2D eigenvalue weighted by molar-refractivity contribution is 5.63. The van der Waals surface area contributed by atoms with Crippen molar-refractivity contribution in [3.63, 3.8) is 0 Å². The highest BCUT2D eigenvalue weighted by Crippen LogP contribution is 2.30. The topological polar surface area (TPSA) is 73.6 Å². The van der Waals surface area contributed by atoms with E-state index >= 15 is 0 Å². The van der Waals surface area contributed by atoms with Gasteiger partial charge in [0.1, 0.15) is 11.5 Å².